The molecular weight excluding hydrogens is 413 g/mol. The SMILES string of the molecule is O=C(Nc1ccc(OC(F)(F)F)cc1)[C@@H]1Cc2ccccc2CN1C(=O)c1ccco1. The molecule has 2 heterocycles. The molecule has 0 aliphatic carbocycles. The molecule has 6 nitrogen and oxygen atoms in total. The van der Waals surface area contributed by atoms with E-state index in [2.05, 4.69) is 10.1 Å². The van der Waals surface area contributed by atoms with Crippen LogP contribution < -0.4 is 10.1 Å². The lowest BCUT2D eigenvalue weighted by Crippen LogP contribution is -2.50. The summed E-state index contributed by atoms with van der Waals surface area (Å²) in [6.45, 7) is 0.228. The summed E-state index contributed by atoms with van der Waals surface area (Å²) < 4.78 is 46.0. The van der Waals surface area contributed by atoms with Gasteiger partial charge in [0.05, 0.1) is 6.26 Å². The van der Waals surface area contributed by atoms with Gasteiger partial charge in [-0.2, -0.15) is 0 Å². The highest BCUT2D eigenvalue weighted by Crippen LogP contribution is 2.27. The first-order valence-electron chi connectivity index (χ1n) is 9.38. The van der Waals surface area contributed by atoms with Crippen molar-refractivity contribution in [3.8, 4) is 5.75 Å². The third-order valence-corrected chi connectivity index (χ3v) is 4.90. The number of benzene rings is 2. The number of amides is 2. The van der Waals surface area contributed by atoms with E-state index >= 15 is 0 Å². The molecule has 1 N–H and O–H groups in total. The summed E-state index contributed by atoms with van der Waals surface area (Å²) in [5, 5.41) is 2.66. The molecule has 4 rings (SSSR count). The van der Waals surface area contributed by atoms with Gasteiger partial charge in [-0.3, -0.25) is 9.59 Å². The highest BCUT2D eigenvalue weighted by atomic mass is 19.4. The van der Waals surface area contributed by atoms with Crippen molar-refractivity contribution in [1.29, 1.82) is 0 Å². The van der Waals surface area contributed by atoms with E-state index in [1.165, 1.54) is 29.4 Å². The number of halogens is 3. The maximum atomic E-state index is 13.0. The van der Waals surface area contributed by atoms with Gasteiger partial charge in [0.2, 0.25) is 5.91 Å². The molecule has 31 heavy (non-hydrogen) atoms. The van der Waals surface area contributed by atoms with Gasteiger partial charge in [-0.1, -0.05) is 24.3 Å². The van der Waals surface area contributed by atoms with Gasteiger partial charge in [0, 0.05) is 18.7 Å². The maximum Gasteiger partial charge on any atom is 0.573 e. The van der Waals surface area contributed by atoms with Gasteiger partial charge in [-0.15, -0.1) is 13.2 Å². The molecule has 0 bridgehead atoms. The Bertz CT molecular complexity index is 1080. The molecule has 0 saturated heterocycles. The lowest BCUT2D eigenvalue weighted by atomic mass is 9.93. The highest BCUT2D eigenvalue weighted by molar-refractivity contribution is 6.00. The van der Waals surface area contributed by atoms with Crippen LogP contribution in [0.15, 0.2) is 71.3 Å². The third-order valence-electron chi connectivity index (χ3n) is 4.90. The minimum Gasteiger partial charge on any atom is -0.459 e. The molecule has 1 aromatic heterocycles. The molecule has 0 radical (unpaired) electrons. The van der Waals surface area contributed by atoms with Crippen molar-refractivity contribution in [2.24, 2.45) is 0 Å². The van der Waals surface area contributed by atoms with Crippen LogP contribution in [0.4, 0.5) is 18.9 Å². The number of hydrogen-bond donors (Lipinski definition) is 1. The number of carbonyl (C=O) groups excluding carboxylic acids is 2. The number of fused-ring (bicyclic) bond motifs is 1. The fourth-order valence-electron chi connectivity index (χ4n) is 3.48. The topological polar surface area (TPSA) is 71.8 Å². The monoisotopic (exact) mass is 430 g/mol. The average molecular weight is 430 g/mol. The summed E-state index contributed by atoms with van der Waals surface area (Å²) in [6.07, 6.45) is -3.12. The molecule has 0 unspecified atom stereocenters. The summed E-state index contributed by atoms with van der Waals surface area (Å²) in [7, 11) is 0. The number of furan rings is 1. The zero-order valence-electron chi connectivity index (χ0n) is 16.1. The van der Waals surface area contributed by atoms with Crippen molar-refractivity contribution < 1.29 is 31.9 Å². The Morgan fingerprint density at radius 2 is 1.71 bits per heavy atom. The molecule has 0 saturated carbocycles. The Kier molecular flexibility index (Phi) is 5.41. The van der Waals surface area contributed by atoms with Crippen molar-refractivity contribution in [1.82, 2.24) is 4.90 Å². The van der Waals surface area contributed by atoms with Crippen LogP contribution in [0.5, 0.6) is 5.75 Å². The van der Waals surface area contributed by atoms with E-state index in [4.69, 9.17) is 4.42 Å². The summed E-state index contributed by atoms with van der Waals surface area (Å²) in [5.41, 5.74) is 2.16. The Morgan fingerprint density at radius 3 is 2.35 bits per heavy atom. The van der Waals surface area contributed by atoms with E-state index in [-0.39, 0.29) is 18.0 Å². The number of anilines is 1. The number of hydrogen-bond acceptors (Lipinski definition) is 4. The first-order chi connectivity index (χ1) is 14.8. The normalized spacial score (nSPS) is 15.8. The lowest BCUT2D eigenvalue weighted by molar-refractivity contribution is -0.274. The Hall–Kier alpha value is -3.75. The number of rotatable bonds is 4. The van der Waals surface area contributed by atoms with Gasteiger partial charge in [0.25, 0.3) is 5.91 Å². The fourth-order valence-corrected chi connectivity index (χ4v) is 3.48. The van der Waals surface area contributed by atoms with Crippen LogP contribution in [0.2, 0.25) is 0 Å². The molecule has 0 fully saturated rings. The van der Waals surface area contributed by atoms with Crippen LogP contribution in [0.3, 0.4) is 0 Å². The van der Waals surface area contributed by atoms with Gasteiger partial charge >= 0.3 is 6.36 Å². The predicted molar refractivity (Wildman–Crippen MR) is 104 cm³/mol. The molecule has 2 aromatic carbocycles. The molecule has 160 valence electrons. The van der Waals surface area contributed by atoms with E-state index in [1.807, 2.05) is 24.3 Å². The Balaban J connectivity index is 1.55. The van der Waals surface area contributed by atoms with E-state index in [0.29, 0.717) is 6.42 Å². The molecule has 1 aliphatic rings. The number of ether oxygens (including phenoxy) is 1. The highest BCUT2D eigenvalue weighted by Gasteiger charge is 2.36. The van der Waals surface area contributed by atoms with Crippen LogP contribution in [0.1, 0.15) is 21.7 Å². The molecule has 1 atom stereocenters. The van der Waals surface area contributed by atoms with E-state index in [9.17, 15) is 22.8 Å². The minimum atomic E-state index is -4.80. The standard InChI is InChI=1S/C22H17F3N2O4/c23-22(24,25)31-17-9-7-16(8-10-17)26-20(28)18-12-14-4-1-2-5-15(14)13-27(18)21(29)19-6-3-11-30-19/h1-11,18H,12-13H2,(H,26,28)/t18-/m0/s1. The van der Waals surface area contributed by atoms with Gasteiger partial charge < -0.3 is 19.4 Å². The smallest absolute Gasteiger partial charge is 0.459 e. The Morgan fingerprint density at radius 1 is 1.00 bits per heavy atom. The molecule has 0 spiro atoms. The van der Waals surface area contributed by atoms with Crippen LogP contribution >= 0.6 is 0 Å². The molecule has 1 aliphatic heterocycles. The van der Waals surface area contributed by atoms with Crippen LogP contribution in [0.25, 0.3) is 0 Å². The first kappa shape index (κ1) is 20.5. The van der Waals surface area contributed by atoms with E-state index < -0.39 is 30.0 Å². The zero-order valence-corrected chi connectivity index (χ0v) is 16.1. The van der Waals surface area contributed by atoms with Crippen LogP contribution in [0, 0.1) is 0 Å². The summed E-state index contributed by atoms with van der Waals surface area (Å²) >= 11 is 0. The summed E-state index contributed by atoms with van der Waals surface area (Å²) in [4.78, 5) is 27.4. The summed E-state index contributed by atoms with van der Waals surface area (Å²) in [5.74, 6) is -1.16. The van der Waals surface area contributed by atoms with Gasteiger partial charge in [0.15, 0.2) is 5.76 Å². The van der Waals surface area contributed by atoms with Gasteiger partial charge in [-0.05, 0) is 47.5 Å². The van der Waals surface area contributed by atoms with Crippen molar-refractivity contribution in [2.75, 3.05) is 5.32 Å². The average Bonchev–Trinajstić information content (AvgIpc) is 3.27. The first-order valence-corrected chi connectivity index (χ1v) is 9.38. The van der Waals surface area contributed by atoms with Gasteiger partial charge in [-0.25, -0.2) is 0 Å². The van der Waals surface area contributed by atoms with E-state index in [0.717, 1.165) is 23.3 Å². The molecular formula is C22H17F3N2O4. The summed E-state index contributed by atoms with van der Waals surface area (Å²) in [6, 6.07) is 14.6. The van der Waals surface area contributed by atoms with Crippen molar-refractivity contribution in [2.45, 2.75) is 25.4 Å². The second-order valence-corrected chi connectivity index (χ2v) is 6.96. The number of alkyl halides is 3. The number of carbonyl (C=O) groups is 2. The van der Waals surface area contributed by atoms with Crippen LogP contribution in [-0.4, -0.2) is 29.1 Å². The largest absolute Gasteiger partial charge is 0.573 e. The van der Waals surface area contributed by atoms with Crippen LogP contribution in [-0.2, 0) is 17.8 Å². The van der Waals surface area contributed by atoms with Crippen molar-refractivity contribution in [3.05, 3.63) is 83.8 Å². The van der Waals surface area contributed by atoms with E-state index in [1.54, 1.807) is 6.07 Å². The van der Waals surface area contributed by atoms with Gasteiger partial charge in [0.1, 0.15) is 11.8 Å². The predicted octanol–water partition coefficient (Wildman–Crippen LogP) is 4.38. The minimum absolute atomic E-state index is 0.117. The molecule has 2 amide bonds. The quantitative estimate of drug-likeness (QED) is 0.667. The zero-order chi connectivity index (χ0) is 22.0. The number of nitrogens with zero attached hydrogens (tertiary/aromatic N) is 1. The Labute approximate surface area is 175 Å². The molecule has 3 aromatic rings. The second-order valence-electron chi connectivity index (χ2n) is 6.96. The third kappa shape index (κ3) is 4.71. The molecule has 9 heteroatoms. The maximum absolute atomic E-state index is 13.0. The number of nitrogens with one attached hydrogen (secondary N) is 1. The lowest BCUT2D eigenvalue weighted by Gasteiger charge is -2.35. The fraction of sp³-hybridized carbons (Fsp3) is 0.182. The van der Waals surface area contributed by atoms with Crippen molar-refractivity contribution in [3.63, 3.8) is 0 Å². The van der Waals surface area contributed by atoms with Crippen molar-refractivity contribution >= 4 is 17.5 Å². The second kappa shape index (κ2) is 8.17.